The molecule has 0 aliphatic rings. The number of carbonyl (C=O) groups excluding carboxylic acids is 1. The summed E-state index contributed by atoms with van der Waals surface area (Å²) in [6.45, 7) is 2.91. The van der Waals surface area contributed by atoms with Crippen LogP contribution in [0.25, 0.3) is 0 Å². The lowest BCUT2D eigenvalue weighted by Crippen LogP contribution is -2.22. The molecule has 0 unspecified atom stereocenters. The highest BCUT2D eigenvalue weighted by atomic mass is 32.2. The fourth-order valence-electron chi connectivity index (χ4n) is 2.31. The Labute approximate surface area is 156 Å². The van der Waals surface area contributed by atoms with E-state index < -0.39 is 27.5 Å². The SMILES string of the molecule is CNS(=O)(=O)c1cc(NC(=O)COc2cc(C)ccc2[N+](=O)[O-])ccc1C. The molecule has 0 aliphatic carbocycles. The number of nitrogens with one attached hydrogen (secondary N) is 2. The molecule has 2 N–H and O–H groups in total. The average Bonchev–Trinajstić information content (AvgIpc) is 2.61. The van der Waals surface area contributed by atoms with Crippen LogP contribution in [0.1, 0.15) is 11.1 Å². The number of ether oxygens (including phenoxy) is 1. The van der Waals surface area contributed by atoms with Crippen LogP contribution >= 0.6 is 0 Å². The van der Waals surface area contributed by atoms with Gasteiger partial charge in [-0.1, -0.05) is 12.1 Å². The summed E-state index contributed by atoms with van der Waals surface area (Å²) >= 11 is 0. The van der Waals surface area contributed by atoms with Gasteiger partial charge in [-0.15, -0.1) is 0 Å². The van der Waals surface area contributed by atoms with E-state index in [2.05, 4.69) is 10.0 Å². The van der Waals surface area contributed by atoms with E-state index >= 15 is 0 Å². The van der Waals surface area contributed by atoms with Crippen LogP contribution in [0.5, 0.6) is 5.75 Å². The van der Waals surface area contributed by atoms with Gasteiger partial charge in [0.2, 0.25) is 10.0 Å². The second-order valence-electron chi connectivity index (χ2n) is 5.75. The summed E-state index contributed by atoms with van der Waals surface area (Å²) in [5, 5.41) is 13.5. The van der Waals surface area contributed by atoms with Crippen LogP contribution in [-0.4, -0.2) is 32.9 Å². The number of hydrogen-bond donors (Lipinski definition) is 2. The lowest BCUT2D eigenvalue weighted by molar-refractivity contribution is -0.385. The Hall–Kier alpha value is -2.98. The maximum atomic E-state index is 12.1. The Morgan fingerprint density at radius 2 is 1.89 bits per heavy atom. The standard InChI is InChI=1S/C17H19N3O6S/c1-11-4-7-14(20(22)23)15(8-11)26-10-17(21)19-13-6-5-12(2)16(9-13)27(24,25)18-3/h4-9,18H,10H2,1-3H3,(H,19,21). The molecule has 9 nitrogen and oxygen atoms in total. The summed E-state index contributed by atoms with van der Waals surface area (Å²) < 4.78 is 31.5. The minimum absolute atomic E-state index is 0.0162. The topological polar surface area (TPSA) is 128 Å². The van der Waals surface area contributed by atoms with E-state index in [4.69, 9.17) is 4.74 Å². The summed E-state index contributed by atoms with van der Waals surface area (Å²) in [4.78, 5) is 22.6. The number of amides is 1. The van der Waals surface area contributed by atoms with Crippen molar-refractivity contribution in [3.05, 3.63) is 57.6 Å². The third kappa shape index (κ3) is 5.02. The first kappa shape index (κ1) is 20.3. The van der Waals surface area contributed by atoms with E-state index in [1.54, 1.807) is 32.0 Å². The molecule has 144 valence electrons. The van der Waals surface area contributed by atoms with E-state index in [9.17, 15) is 23.3 Å². The molecule has 0 saturated heterocycles. The lowest BCUT2D eigenvalue weighted by atomic mass is 10.2. The Kier molecular flexibility index (Phi) is 6.13. The van der Waals surface area contributed by atoms with Crippen molar-refractivity contribution in [2.75, 3.05) is 19.0 Å². The number of anilines is 1. The highest BCUT2D eigenvalue weighted by Crippen LogP contribution is 2.27. The molecule has 2 aromatic rings. The van der Waals surface area contributed by atoms with Crippen LogP contribution in [0.15, 0.2) is 41.3 Å². The number of aryl methyl sites for hydroxylation is 2. The van der Waals surface area contributed by atoms with Gasteiger partial charge in [0.05, 0.1) is 9.82 Å². The monoisotopic (exact) mass is 393 g/mol. The third-order valence-corrected chi connectivity index (χ3v) is 5.26. The maximum Gasteiger partial charge on any atom is 0.310 e. The summed E-state index contributed by atoms with van der Waals surface area (Å²) in [6.07, 6.45) is 0. The fraction of sp³-hybridized carbons (Fsp3) is 0.235. The molecule has 0 saturated carbocycles. The number of hydrogen-bond acceptors (Lipinski definition) is 6. The second-order valence-corrected chi connectivity index (χ2v) is 7.61. The minimum Gasteiger partial charge on any atom is -0.477 e. The molecule has 10 heteroatoms. The van der Waals surface area contributed by atoms with E-state index in [-0.39, 0.29) is 22.0 Å². The molecule has 0 spiro atoms. The quantitative estimate of drug-likeness (QED) is 0.548. The molecular weight excluding hydrogens is 374 g/mol. The van der Waals surface area contributed by atoms with E-state index in [1.165, 1.54) is 25.2 Å². The molecule has 2 rings (SSSR count). The average molecular weight is 393 g/mol. The highest BCUT2D eigenvalue weighted by Gasteiger charge is 2.18. The van der Waals surface area contributed by atoms with Crippen LogP contribution in [0.2, 0.25) is 0 Å². The van der Waals surface area contributed by atoms with Crippen molar-refractivity contribution in [1.82, 2.24) is 4.72 Å². The predicted molar refractivity (Wildman–Crippen MR) is 99.4 cm³/mol. The van der Waals surface area contributed by atoms with Crippen molar-refractivity contribution in [3.8, 4) is 5.75 Å². The number of benzene rings is 2. The van der Waals surface area contributed by atoms with Gasteiger partial charge in [0.25, 0.3) is 5.91 Å². The van der Waals surface area contributed by atoms with E-state index in [0.717, 1.165) is 5.56 Å². The van der Waals surface area contributed by atoms with Gasteiger partial charge >= 0.3 is 5.69 Å². The molecule has 0 aliphatic heterocycles. The highest BCUT2D eigenvalue weighted by molar-refractivity contribution is 7.89. The Bertz CT molecular complexity index is 988. The zero-order chi connectivity index (χ0) is 20.2. The molecule has 0 bridgehead atoms. The molecule has 0 heterocycles. The van der Waals surface area contributed by atoms with Crippen LogP contribution in [-0.2, 0) is 14.8 Å². The number of nitrogens with zero attached hydrogens (tertiary/aromatic N) is 1. The molecule has 0 radical (unpaired) electrons. The Morgan fingerprint density at radius 3 is 2.52 bits per heavy atom. The molecule has 27 heavy (non-hydrogen) atoms. The molecule has 1 amide bonds. The molecule has 2 aromatic carbocycles. The number of sulfonamides is 1. The first-order valence-electron chi connectivity index (χ1n) is 7.86. The Balaban J connectivity index is 2.13. The van der Waals surface area contributed by atoms with Gasteiger partial charge in [0.1, 0.15) is 0 Å². The largest absolute Gasteiger partial charge is 0.477 e. The first-order valence-corrected chi connectivity index (χ1v) is 9.34. The third-order valence-electron chi connectivity index (χ3n) is 3.70. The van der Waals surface area contributed by atoms with Crippen molar-refractivity contribution < 1.29 is 22.9 Å². The van der Waals surface area contributed by atoms with E-state index in [0.29, 0.717) is 5.56 Å². The van der Waals surface area contributed by atoms with Crippen molar-refractivity contribution in [2.24, 2.45) is 0 Å². The van der Waals surface area contributed by atoms with Crippen molar-refractivity contribution in [2.45, 2.75) is 18.7 Å². The van der Waals surface area contributed by atoms with Crippen molar-refractivity contribution in [1.29, 1.82) is 0 Å². The second kappa shape index (κ2) is 8.14. The molecule has 0 atom stereocenters. The maximum absolute atomic E-state index is 12.1. The summed E-state index contributed by atoms with van der Waals surface area (Å²) in [6, 6.07) is 8.78. The predicted octanol–water partition coefficient (Wildman–Crippen LogP) is 2.14. The van der Waals surface area contributed by atoms with Gasteiger partial charge in [-0.05, 0) is 50.2 Å². The zero-order valence-corrected chi connectivity index (χ0v) is 15.8. The van der Waals surface area contributed by atoms with Crippen LogP contribution in [0, 0.1) is 24.0 Å². The van der Waals surface area contributed by atoms with E-state index in [1.807, 2.05) is 0 Å². The van der Waals surface area contributed by atoms with Crippen molar-refractivity contribution >= 4 is 27.3 Å². The number of nitro benzene ring substituents is 1. The summed E-state index contributed by atoms with van der Waals surface area (Å²) in [5.41, 5.74) is 1.29. The molecule has 0 aromatic heterocycles. The number of nitro groups is 1. The normalized spacial score (nSPS) is 11.1. The van der Waals surface area contributed by atoms with Crippen LogP contribution < -0.4 is 14.8 Å². The summed E-state index contributed by atoms with van der Waals surface area (Å²) in [7, 11) is -2.38. The summed E-state index contributed by atoms with van der Waals surface area (Å²) in [5.74, 6) is -0.597. The molecular formula is C17H19N3O6S. The van der Waals surface area contributed by atoms with Gasteiger partial charge in [0, 0.05) is 11.8 Å². The van der Waals surface area contributed by atoms with Gasteiger partial charge in [0.15, 0.2) is 12.4 Å². The van der Waals surface area contributed by atoms with Gasteiger partial charge in [-0.25, -0.2) is 13.1 Å². The lowest BCUT2D eigenvalue weighted by Gasteiger charge is -2.11. The Morgan fingerprint density at radius 1 is 1.19 bits per heavy atom. The van der Waals surface area contributed by atoms with Crippen LogP contribution in [0.4, 0.5) is 11.4 Å². The van der Waals surface area contributed by atoms with Gasteiger partial charge in [-0.3, -0.25) is 14.9 Å². The van der Waals surface area contributed by atoms with Gasteiger partial charge < -0.3 is 10.1 Å². The van der Waals surface area contributed by atoms with Crippen molar-refractivity contribution in [3.63, 3.8) is 0 Å². The molecule has 0 fully saturated rings. The smallest absolute Gasteiger partial charge is 0.310 e. The van der Waals surface area contributed by atoms with Gasteiger partial charge in [-0.2, -0.15) is 0 Å². The first-order chi connectivity index (χ1) is 12.6. The minimum atomic E-state index is -3.67. The number of carbonyl (C=O) groups is 1. The zero-order valence-electron chi connectivity index (χ0n) is 15.0. The fourth-order valence-corrected chi connectivity index (χ4v) is 3.30. The van der Waals surface area contributed by atoms with Crippen LogP contribution in [0.3, 0.4) is 0 Å². The number of rotatable bonds is 7.